The maximum Gasteiger partial charge on any atom is -0.0257 e. The lowest BCUT2D eigenvalue weighted by Crippen LogP contribution is -2.09. The number of hydrogen-bond donors (Lipinski definition) is 0. The summed E-state index contributed by atoms with van der Waals surface area (Å²) in [6.45, 7) is 28.0. The van der Waals surface area contributed by atoms with Crippen molar-refractivity contribution in [1.82, 2.24) is 0 Å². The summed E-state index contributed by atoms with van der Waals surface area (Å²) in [5, 5.41) is 0. The van der Waals surface area contributed by atoms with Gasteiger partial charge in [0.15, 0.2) is 0 Å². The third-order valence-electron chi connectivity index (χ3n) is 8.85. The zero-order chi connectivity index (χ0) is 27.4. The van der Waals surface area contributed by atoms with E-state index in [2.05, 4.69) is 83.1 Å². The van der Waals surface area contributed by atoms with E-state index in [-0.39, 0.29) is 0 Å². The molecule has 36 heavy (non-hydrogen) atoms. The van der Waals surface area contributed by atoms with Crippen molar-refractivity contribution in [3.05, 3.63) is 33.4 Å². The van der Waals surface area contributed by atoms with Gasteiger partial charge in [0.2, 0.25) is 0 Å². The van der Waals surface area contributed by atoms with Crippen LogP contribution in [-0.2, 0) is 0 Å². The van der Waals surface area contributed by atoms with Gasteiger partial charge in [0.25, 0.3) is 0 Å². The van der Waals surface area contributed by atoms with Gasteiger partial charge in [0.1, 0.15) is 0 Å². The highest BCUT2D eigenvalue weighted by atomic mass is 14.2. The van der Waals surface area contributed by atoms with Crippen molar-refractivity contribution in [3.8, 4) is 0 Å². The summed E-state index contributed by atoms with van der Waals surface area (Å²) in [6.07, 6.45) is 16.7. The minimum atomic E-state index is 0.774. The summed E-state index contributed by atoms with van der Waals surface area (Å²) in [5.41, 5.74) is 10.6. The molecule has 0 saturated carbocycles. The van der Waals surface area contributed by atoms with Crippen LogP contribution < -0.4 is 0 Å². The van der Waals surface area contributed by atoms with E-state index in [0.29, 0.717) is 0 Å². The third kappa shape index (κ3) is 10.9. The number of hydrogen-bond acceptors (Lipinski definition) is 0. The fourth-order valence-electron chi connectivity index (χ4n) is 6.83. The van der Waals surface area contributed by atoms with Crippen molar-refractivity contribution >= 4 is 0 Å². The Hall–Kier alpha value is -0.780. The van der Waals surface area contributed by atoms with Crippen molar-refractivity contribution < 1.29 is 0 Å². The Bertz CT molecular complexity index is 659. The topological polar surface area (TPSA) is 0 Å². The summed E-state index contributed by atoms with van der Waals surface area (Å²) >= 11 is 0. The van der Waals surface area contributed by atoms with Gasteiger partial charge >= 0.3 is 0 Å². The standard InChI is InChI=1S/C13H24.C12H22.C11H20/c1-10(2)12-8-6-5-7-9-13(12)11(3)4;1-9(2)11-7-5-6-8-12(11)10(3)4;1-8(2)10-6-5-7-11(10)9(3)4/h10-11H,5-9H2,1-4H3;9-10H,5-8H2,1-4H3;8-9H,5-7H2,1-4H3. The summed E-state index contributed by atoms with van der Waals surface area (Å²) in [7, 11) is 0. The maximum absolute atomic E-state index is 2.35. The van der Waals surface area contributed by atoms with E-state index < -0.39 is 0 Å². The van der Waals surface area contributed by atoms with E-state index >= 15 is 0 Å². The molecule has 3 aliphatic carbocycles. The molecule has 0 spiro atoms. The average molecular weight is 499 g/mol. The highest BCUT2D eigenvalue weighted by molar-refractivity contribution is 5.23. The first kappa shape index (κ1) is 33.2. The smallest absolute Gasteiger partial charge is 0.0257 e. The summed E-state index contributed by atoms with van der Waals surface area (Å²) in [6, 6.07) is 0. The van der Waals surface area contributed by atoms with E-state index in [1.807, 2.05) is 0 Å². The molecule has 0 aliphatic heterocycles. The quantitative estimate of drug-likeness (QED) is 0.319. The molecular weight excluding hydrogens is 432 g/mol. The molecule has 0 aromatic carbocycles. The second-order valence-electron chi connectivity index (χ2n) is 13.7. The first-order valence-corrected chi connectivity index (χ1v) is 16.0. The Morgan fingerprint density at radius 3 is 0.611 bits per heavy atom. The molecule has 3 aliphatic rings. The molecule has 0 amide bonds. The van der Waals surface area contributed by atoms with Crippen LogP contribution in [0.1, 0.15) is 160 Å². The predicted molar refractivity (Wildman–Crippen MR) is 166 cm³/mol. The summed E-state index contributed by atoms with van der Waals surface area (Å²) in [4.78, 5) is 0. The van der Waals surface area contributed by atoms with Gasteiger partial charge in [-0.05, 0) is 106 Å². The van der Waals surface area contributed by atoms with Crippen molar-refractivity contribution in [1.29, 1.82) is 0 Å². The Labute approximate surface area is 228 Å². The monoisotopic (exact) mass is 499 g/mol. The fourth-order valence-corrected chi connectivity index (χ4v) is 6.83. The van der Waals surface area contributed by atoms with Gasteiger partial charge in [0, 0.05) is 0 Å². The lowest BCUT2D eigenvalue weighted by molar-refractivity contribution is 0.549. The van der Waals surface area contributed by atoms with Crippen molar-refractivity contribution in [2.24, 2.45) is 35.5 Å². The van der Waals surface area contributed by atoms with Crippen LogP contribution in [0.15, 0.2) is 33.4 Å². The van der Waals surface area contributed by atoms with Gasteiger partial charge < -0.3 is 0 Å². The second-order valence-corrected chi connectivity index (χ2v) is 13.7. The van der Waals surface area contributed by atoms with E-state index in [1.165, 1.54) is 77.0 Å². The van der Waals surface area contributed by atoms with E-state index in [4.69, 9.17) is 0 Å². The highest BCUT2D eigenvalue weighted by Crippen LogP contribution is 2.36. The lowest BCUT2D eigenvalue weighted by atomic mass is 9.81. The Kier molecular flexibility index (Phi) is 15.6. The average Bonchev–Trinajstić information content (AvgIpc) is 3.18. The third-order valence-corrected chi connectivity index (χ3v) is 8.85. The van der Waals surface area contributed by atoms with Crippen LogP contribution in [0.25, 0.3) is 0 Å². The molecule has 0 bridgehead atoms. The molecule has 0 aromatic heterocycles. The van der Waals surface area contributed by atoms with Gasteiger partial charge in [-0.2, -0.15) is 0 Å². The Balaban J connectivity index is 0.000000271. The van der Waals surface area contributed by atoms with Crippen LogP contribution in [0, 0.1) is 35.5 Å². The van der Waals surface area contributed by atoms with Gasteiger partial charge in [-0.15, -0.1) is 0 Å². The molecule has 0 aromatic rings. The molecule has 0 nitrogen and oxygen atoms in total. The van der Waals surface area contributed by atoms with Crippen molar-refractivity contribution in [2.75, 3.05) is 0 Å². The molecular formula is C36H66. The van der Waals surface area contributed by atoms with Crippen LogP contribution in [0.3, 0.4) is 0 Å². The van der Waals surface area contributed by atoms with E-state index in [1.54, 1.807) is 33.4 Å². The zero-order valence-electron chi connectivity index (χ0n) is 26.9. The molecule has 0 fully saturated rings. The van der Waals surface area contributed by atoms with Crippen LogP contribution >= 0.6 is 0 Å². The predicted octanol–water partition coefficient (Wildman–Crippen LogP) is 12.5. The molecule has 0 atom stereocenters. The second kappa shape index (κ2) is 16.9. The lowest BCUT2D eigenvalue weighted by Gasteiger charge is -2.25. The molecule has 0 saturated heterocycles. The normalized spacial score (nSPS) is 19.5. The van der Waals surface area contributed by atoms with Crippen LogP contribution in [-0.4, -0.2) is 0 Å². The minimum Gasteiger partial charge on any atom is -0.0682 e. The fraction of sp³-hybridized carbons (Fsp3) is 0.833. The van der Waals surface area contributed by atoms with Crippen molar-refractivity contribution in [3.63, 3.8) is 0 Å². The first-order chi connectivity index (χ1) is 16.9. The number of allylic oxidation sites excluding steroid dienone is 6. The molecule has 3 rings (SSSR count). The van der Waals surface area contributed by atoms with E-state index in [9.17, 15) is 0 Å². The van der Waals surface area contributed by atoms with Gasteiger partial charge in [-0.1, -0.05) is 123 Å². The highest BCUT2D eigenvalue weighted by Gasteiger charge is 2.19. The van der Waals surface area contributed by atoms with Crippen LogP contribution in [0.4, 0.5) is 0 Å². The molecule has 0 unspecified atom stereocenters. The van der Waals surface area contributed by atoms with Gasteiger partial charge in [0.05, 0.1) is 0 Å². The summed E-state index contributed by atoms with van der Waals surface area (Å²) in [5.74, 6) is 4.68. The molecule has 0 heterocycles. The minimum absolute atomic E-state index is 0.774. The molecule has 210 valence electrons. The van der Waals surface area contributed by atoms with Crippen LogP contribution in [0.2, 0.25) is 0 Å². The Morgan fingerprint density at radius 2 is 0.417 bits per heavy atom. The van der Waals surface area contributed by atoms with Crippen LogP contribution in [0.5, 0.6) is 0 Å². The van der Waals surface area contributed by atoms with Crippen molar-refractivity contribution in [2.45, 2.75) is 160 Å². The SMILES string of the molecule is CC(C)C1=C(C(C)C)CCC1.CC(C)C1=C(C(C)C)CCCC1.CC(C)C1=C(C(C)C)CCCCC1. The van der Waals surface area contributed by atoms with Gasteiger partial charge in [-0.25, -0.2) is 0 Å². The molecule has 0 radical (unpaired) electrons. The zero-order valence-corrected chi connectivity index (χ0v) is 26.9. The maximum atomic E-state index is 2.35. The molecule has 0 N–H and O–H groups in total. The first-order valence-electron chi connectivity index (χ1n) is 16.0. The van der Waals surface area contributed by atoms with Gasteiger partial charge in [-0.3, -0.25) is 0 Å². The molecule has 0 heteroatoms. The summed E-state index contributed by atoms with van der Waals surface area (Å²) < 4.78 is 0. The number of rotatable bonds is 6. The van der Waals surface area contributed by atoms with E-state index in [0.717, 1.165) is 35.5 Å². The Morgan fingerprint density at radius 1 is 0.250 bits per heavy atom. The largest absolute Gasteiger partial charge is 0.0682 e.